The summed E-state index contributed by atoms with van der Waals surface area (Å²) in [5.41, 5.74) is 0. The van der Waals surface area contributed by atoms with Gasteiger partial charge in [-0.25, -0.2) is 0 Å². The average molecular weight is 287 g/mol. The van der Waals surface area contributed by atoms with Crippen LogP contribution >= 0.6 is 0 Å². The molecule has 0 rings (SSSR count). The van der Waals surface area contributed by atoms with Gasteiger partial charge in [-0.1, -0.05) is 78.1 Å². The van der Waals surface area contributed by atoms with Crippen molar-refractivity contribution in [3.05, 3.63) is 0 Å². The van der Waals surface area contributed by atoms with Crippen molar-refractivity contribution in [3.8, 4) is 0 Å². The molecular formula is C17H37NO2. The van der Waals surface area contributed by atoms with Crippen molar-refractivity contribution in [2.45, 2.75) is 103 Å². The van der Waals surface area contributed by atoms with Crippen LogP contribution in [0.2, 0.25) is 0 Å². The van der Waals surface area contributed by atoms with E-state index in [1.54, 1.807) is 0 Å². The minimum absolute atomic E-state index is 0.315. The molecule has 0 saturated heterocycles. The zero-order valence-corrected chi connectivity index (χ0v) is 13.7. The Kier molecular flexibility index (Phi) is 15.2. The van der Waals surface area contributed by atoms with Crippen LogP contribution < -0.4 is 5.32 Å². The molecule has 0 amide bonds. The van der Waals surface area contributed by atoms with Crippen molar-refractivity contribution in [2.24, 2.45) is 0 Å². The Morgan fingerprint density at radius 3 is 1.75 bits per heavy atom. The predicted molar refractivity (Wildman–Crippen MR) is 86.8 cm³/mol. The smallest absolute Gasteiger partial charge is 0.104 e. The van der Waals surface area contributed by atoms with Crippen LogP contribution in [0.25, 0.3) is 0 Å². The number of aliphatic hydroxyl groups is 2. The highest BCUT2D eigenvalue weighted by molar-refractivity contribution is 4.61. The molecule has 0 aromatic carbocycles. The van der Waals surface area contributed by atoms with E-state index in [0.717, 1.165) is 12.8 Å². The maximum atomic E-state index is 9.74. The van der Waals surface area contributed by atoms with Gasteiger partial charge in [0.05, 0.1) is 6.10 Å². The molecule has 0 fully saturated rings. The summed E-state index contributed by atoms with van der Waals surface area (Å²) in [4.78, 5) is 0. The fraction of sp³-hybridized carbons (Fsp3) is 1.00. The Bertz CT molecular complexity index is 188. The lowest BCUT2D eigenvalue weighted by Gasteiger charge is -2.14. The summed E-state index contributed by atoms with van der Waals surface area (Å²) < 4.78 is 0. The van der Waals surface area contributed by atoms with Crippen molar-refractivity contribution >= 4 is 0 Å². The highest BCUT2D eigenvalue weighted by atomic mass is 16.3. The molecule has 122 valence electrons. The van der Waals surface area contributed by atoms with E-state index in [2.05, 4.69) is 12.2 Å². The second kappa shape index (κ2) is 15.3. The van der Waals surface area contributed by atoms with Gasteiger partial charge in [0.25, 0.3) is 0 Å². The van der Waals surface area contributed by atoms with E-state index in [-0.39, 0.29) is 6.10 Å². The number of nitrogens with one attached hydrogen (secondary N) is 1. The van der Waals surface area contributed by atoms with Crippen molar-refractivity contribution in [3.63, 3.8) is 0 Å². The van der Waals surface area contributed by atoms with Gasteiger partial charge in [-0.3, -0.25) is 5.32 Å². The molecule has 0 aliphatic heterocycles. The second-order valence-corrected chi connectivity index (χ2v) is 5.96. The molecule has 0 aliphatic carbocycles. The average Bonchev–Trinajstić information content (AvgIpc) is 2.46. The Hall–Kier alpha value is -0.120. The minimum atomic E-state index is -0.475. The van der Waals surface area contributed by atoms with Gasteiger partial charge >= 0.3 is 0 Å². The summed E-state index contributed by atoms with van der Waals surface area (Å²) in [5.74, 6) is 0. The summed E-state index contributed by atoms with van der Waals surface area (Å²) >= 11 is 0. The third-order valence-electron chi connectivity index (χ3n) is 3.87. The van der Waals surface area contributed by atoms with Crippen molar-refractivity contribution in [1.29, 1.82) is 0 Å². The van der Waals surface area contributed by atoms with Crippen LogP contribution in [-0.2, 0) is 0 Å². The van der Waals surface area contributed by atoms with Gasteiger partial charge in [0, 0.05) is 6.54 Å². The van der Waals surface area contributed by atoms with Crippen LogP contribution in [0.5, 0.6) is 0 Å². The number of unbranched alkanes of at least 4 members (excludes halogenated alkanes) is 9. The lowest BCUT2D eigenvalue weighted by molar-refractivity contribution is 0.0947. The lowest BCUT2D eigenvalue weighted by atomic mass is 10.0. The minimum Gasteiger partial charge on any atom is -0.392 e. The van der Waals surface area contributed by atoms with E-state index in [4.69, 9.17) is 0 Å². The van der Waals surface area contributed by atoms with E-state index < -0.39 is 6.23 Å². The molecule has 0 spiro atoms. The van der Waals surface area contributed by atoms with Gasteiger partial charge in [-0.05, 0) is 12.8 Å². The molecule has 3 nitrogen and oxygen atoms in total. The summed E-state index contributed by atoms with van der Waals surface area (Å²) in [6, 6.07) is 0. The maximum Gasteiger partial charge on any atom is 0.104 e. The molecule has 2 atom stereocenters. The third-order valence-corrected chi connectivity index (χ3v) is 3.87. The fourth-order valence-electron chi connectivity index (χ4n) is 2.39. The van der Waals surface area contributed by atoms with Crippen molar-refractivity contribution in [2.75, 3.05) is 6.54 Å². The quantitative estimate of drug-likeness (QED) is 0.315. The van der Waals surface area contributed by atoms with Gasteiger partial charge in [0.15, 0.2) is 0 Å². The molecule has 0 bridgehead atoms. The van der Waals surface area contributed by atoms with Crippen LogP contribution in [-0.4, -0.2) is 29.1 Å². The van der Waals surface area contributed by atoms with Crippen LogP contribution in [0.1, 0.15) is 90.9 Å². The van der Waals surface area contributed by atoms with Gasteiger partial charge in [0.2, 0.25) is 0 Å². The van der Waals surface area contributed by atoms with Crippen LogP contribution in [0.3, 0.4) is 0 Å². The first-order valence-corrected chi connectivity index (χ1v) is 8.80. The SMILES string of the molecule is CCCCCCCCCCCCC(O)CNC(O)CC. The molecule has 0 aromatic heterocycles. The summed E-state index contributed by atoms with van der Waals surface area (Å²) in [6.07, 6.45) is 14.0. The van der Waals surface area contributed by atoms with Gasteiger partial charge in [-0.2, -0.15) is 0 Å². The van der Waals surface area contributed by atoms with Crippen LogP contribution in [0, 0.1) is 0 Å². The van der Waals surface area contributed by atoms with E-state index in [0.29, 0.717) is 13.0 Å². The Labute approximate surface area is 126 Å². The van der Waals surface area contributed by atoms with E-state index in [1.807, 2.05) is 6.92 Å². The van der Waals surface area contributed by atoms with E-state index >= 15 is 0 Å². The molecule has 3 N–H and O–H groups in total. The topological polar surface area (TPSA) is 52.5 Å². The molecule has 0 aromatic rings. The Morgan fingerprint density at radius 1 is 0.750 bits per heavy atom. The van der Waals surface area contributed by atoms with Crippen molar-refractivity contribution < 1.29 is 10.2 Å². The number of aliphatic hydroxyl groups excluding tert-OH is 2. The molecule has 0 saturated carbocycles. The monoisotopic (exact) mass is 287 g/mol. The highest BCUT2D eigenvalue weighted by Gasteiger charge is 2.06. The molecule has 20 heavy (non-hydrogen) atoms. The lowest BCUT2D eigenvalue weighted by Crippen LogP contribution is -2.34. The number of hydrogen-bond donors (Lipinski definition) is 3. The summed E-state index contributed by atoms with van der Waals surface area (Å²) in [7, 11) is 0. The molecule has 0 radical (unpaired) electrons. The molecule has 0 aliphatic rings. The number of rotatable bonds is 15. The predicted octanol–water partition coefficient (Wildman–Crippen LogP) is 3.98. The van der Waals surface area contributed by atoms with E-state index in [9.17, 15) is 10.2 Å². The highest BCUT2D eigenvalue weighted by Crippen LogP contribution is 2.11. The first-order valence-electron chi connectivity index (χ1n) is 8.80. The molecule has 2 unspecified atom stereocenters. The van der Waals surface area contributed by atoms with Crippen LogP contribution in [0.4, 0.5) is 0 Å². The second-order valence-electron chi connectivity index (χ2n) is 5.96. The van der Waals surface area contributed by atoms with Gasteiger partial charge in [-0.15, -0.1) is 0 Å². The Morgan fingerprint density at radius 2 is 1.25 bits per heavy atom. The molecular weight excluding hydrogens is 250 g/mol. The van der Waals surface area contributed by atoms with Gasteiger partial charge in [0.1, 0.15) is 6.23 Å². The largest absolute Gasteiger partial charge is 0.392 e. The summed E-state index contributed by atoms with van der Waals surface area (Å²) in [5, 5.41) is 22.0. The molecule has 0 heterocycles. The van der Waals surface area contributed by atoms with Crippen LogP contribution in [0.15, 0.2) is 0 Å². The zero-order chi connectivity index (χ0) is 15.1. The first kappa shape index (κ1) is 19.9. The fourth-order valence-corrected chi connectivity index (χ4v) is 2.39. The Balaban J connectivity index is 3.15. The maximum absolute atomic E-state index is 9.74. The third kappa shape index (κ3) is 14.3. The molecule has 3 heteroatoms. The normalized spacial score (nSPS) is 14.4. The standard InChI is InChI=1S/C17H37NO2/c1-3-5-6-7-8-9-10-11-12-13-14-16(19)15-18-17(20)4-2/h16-20H,3-15H2,1-2H3. The number of hydrogen-bond acceptors (Lipinski definition) is 3. The summed E-state index contributed by atoms with van der Waals surface area (Å²) in [6.45, 7) is 4.69. The zero-order valence-electron chi connectivity index (χ0n) is 13.7. The van der Waals surface area contributed by atoms with Gasteiger partial charge < -0.3 is 10.2 Å². The van der Waals surface area contributed by atoms with Crippen molar-refractivity contribution in [1.82, 2.24) is 5.32 Å². The first-order chi connectivity index (χ1) is 9.70. The van der Waals surface area contributed by atoms with E-state index in [1.165, 1.54) is 57.8 Å².